The smallest absolute Gasteiger partial charge is 0.220 e. The summed E-state index contributed by atoms with van der Waals surface area (Å²) in [5.41, 5.74) is 0.467. The van der Waals surface area contributed by atoms with Crippen LogP contribution in [0, 0.1) is 0 Å². The molecule has 13 heavy (non-hydrogen) atoms. The third-order valence-electron chi connectivity index (χ3n) is 1.70. The van der Waals surface area contributed by atoms with E-state index >= 15 is 0 Å². The summed E-state index contributed by atoms with van der Waals surface area (Å²) in [6, 6.07) is 0. The Morgan fingerprint density at radius 3 is 2.54 bits per heavy atom. The Morgan fingerprint density at radius 2 is 1.92 bits per heavy atom. The topological polar surface area (TPSA) is 43.4 Å². The van der Waals surface area contributed by atoms with Gasteiger partial charge in [-0.2, -0.15) is 0 Å². The van der Waals surface area contributed by atoms with Crippen molar-refractivity contribution >= 4 is 11.6 Å². The molecule has 0 heterocycles. The van der Waals surface area contributed by atoms with E-state index in [9.17, 15) is 9.59 Å². The molecule has 1 aliphatic carbocycles. The number of ether oxygens (including phenoxy) is 1. The first-order valence-corrected chi connectivity index (χ1v) is 4.26. The Labute approximate surface area is 77.1 Å². The van der Waals surface area contributed by atoms with E-state index < -0.39 is 0 Å². The highest BCUT2D eigenvalue weighted by Gasteiger charge is 2.17. The number of allylic oxidation sites excluding steroid dienone is 3. The molecule has 0 atom stereocenters. The van der Waals surface area contributed by atoms with Gasteiger partial charge < -0.3 is 4.74 Å². The molecule has 0 radical (unpaired) electrons. The zero-order valence-corrected chi connectivity index (χ0v) is 7.79. The first-order chi connectivity index (χ1) is 6.15. The summed E-state index contributed by atoms with van der Waals surface area (Å²) in [5.74, 6) is -0.200. The number of ketones is 2. The summed E-state index contributed by atoms with van der Waals surface area (Å²) in [4.78, 5) is 22.4. The molecule has 0 aromatic heterocycles. The second-order valence-corrected chi connectivity index (χ2v) is 2.91. The standard InChI is InChI=1S/C10H12O3/c1-3-4-13-10-6-8(11)7(2)5-9(10)12/h5-6H,3-4H2,1-2H3. The summed E-state index contributed by atoms with van der Waals surface area (Å²) in [7, 11) is 0. The minimum atomic E-state index is -0.217. The highest BCUT2D eigenvalue weighted by Crippen LogP contribution is 2.12. The fourth-order valence-electron chi connectivity index (χ4n) is 0.968. The highest BCUT2D eigenvalue weighted by molar-refractivity contribution is 6.18. The van der Waals surface area contributed by atoms with Crippen LogP contribution >= 0.6 is 0 Å². The Bertz CT molecular complexity index is 297. The molecule has 0 spiro atoms. The van der Waals surface area contributed by atoms with Gasteiger partial charge in [0.15, 0.2) is 11.5 Å². The van der Waals surface area contributed by atoms with E-state index in [1.54, 1.807) is 6.92 Å². The molecule has 3 nitrogen and oxygen atoms in total. The van der Waals surface area contributed by atoms with Crippen LogP contribution in [0.25, 0.3) is 0 Å². The van der Waals surface area contributed by atoms with Crippen molar-refractivity contribution in [1.29, 1.82) is 0 Å². The van der Waals surface area contributed by atoms with E-state index in [1.165, 1.54) is 12.2 Å². The lowest BCUT2D eigenvalue weighted by atomic mass is 10.0. The van der Waals surface area contributed by atoms with Crippen LogP contribution < -0.4 is 0 Å². The maximum atomic E-state index is 11.2. The van der Waals surface area contributed by atoms with Crippen molar-refractivity contribution in [2.45, 2.75) is 20.3 Å². The van der Waals surface area contributed by atoms with Crippen LogP contribution in [0.15, 0.2) is 23.5 Å². The van der Waals surface area contributed by atoms with Gasteiger partial charge in [-0.1, -0.05) is 6.92 Å². The van der Waals surface area contributed by atoms with Crippen LogP contribution in [0.1, 0.15) is 20.3 Å². The second kappa shape index (κ2) is 4.03. The summed E-state index contributed by atoms with van der Waals surface area (Å²) >= 11 is 0. The number of hydrogen-bond acceptors (Lipinski definition) is 3. The van der Waals surface area contributed by atoms with E-state index in [4.69, 9.17) is 4.74 Å². The molecule has 0 saturated carbocycles. The monoisotopic (exact) mass is 180 g/mol. The SMILES string of the molecule is CCCOC1=CC(=O)C(C)=CC1=O. The Kier molecular flexibility index (Phi) is 3.01. The highest BCUT2D eigenvalue weighted by atomic mass is 16.5. The van der Waals surface area contributed by atoms with Gasteiger partial charge >= 0.3 is 0 Å². The lowest BCUT2D eigenvalue weighted by Gasteiger charge is -2.10. The molecule has 0 aromatic carbocycles. The fraction of sp³-hybridized carbons (Fsp3) is 0.400. The van der Waals surface area contributed by atoms with Crippen molar-refractivity contribution in [2.24, 2.45) is 0 Å². The first-order valence-electron chi connectivity index (χ1n) is 4.26. The van der Waals surface area contributed by atoms with Crippen LogP contribution in [-0.2, 0) is 14.3 Å². The van der Waals surface area contributed by atoms with E-state index in [0.29, 0.717) is 12.2 Å². The van der Waals surface area contributed by atoms with Crippen molar-refractivity contribution in [3.8, 4) is 0 Å². The zero-order valence-electron chi connectivity index (χ0n) is 7.79. The molecule has 0 N–H and O–H groups in total. The third-order valence-corrected chi connectivity index (χ3v) is 1.70. The first kappa shape index (κ1) is 9.71. The summed E-state index contributed by atoms with van der Waals surface area (Å²) in [5, 5.41) is 0. The quantitative estimate of drug-likeness (QED) is 0.616. The van der Waals surface area contributed by atoms with Crippen molar-refractivity contribution in [1.82, 2.24) is 0 Å². The van der Waals surface area contributed by atoms with Crippen LogP contribution in [0.4, 0.5) is 0 Å². The minimum Gasteiger partial charge on any atom is -0.489 e. The van der Waals surface area contributed by atoms with Gasteiger partial charge in [0.25, 0.3) is 0 Å². The van der Waals surface area contributed by atoms with Gasteiger partial charge in [-0.05, 0) is 19.4 Å². The molecule has 1 rings (SSSR count). The zero-order chi connectivity index (χ0) is 9.84. The number of rotatable bonds is 3. The minimum absolute atomic E-state index is 0.147. The van der Waals surface area contributed by atoms with Crippen LogP contribution in [-0.4, -0.2) is 18.2 Å². The third kappa shape index (κ3) is 2.28. The van der Waals surface area contributed by atoms with E-state index in [1.807, 2.05) is 6.92 Å². The maximum Gasteiger partial charge on any atom is 0.220 e. The summed E-state index contributed by atoms with van der Waals surface area (Å²) < 4.78 is 5.11. The van der Waals surface area contributed by atoms with Crippen LogP contribution in [0.2, 0.25) is 0 Å². The lowest BCUT2D eigenvalue weighted by Crippen LogP contribution is -2.14. The van der Waals surface area contributed by atoms with E-state index in [-0.39, 0.29) is 17.3 Å². The van der Waals surface area contributed by atoms with Crippen molar-refractivity contribution in [2.75, 3.05) is 6.61 Å². The number of carbonyl (C=O) groups is 2. The molecule has 70 valence electrons. The predicted molar refractivity (Wildman–Crippen MR) is 48.1 cm³/mol. The average molecular weight is 180 g/mol. The maximum absolute atomic E-state index is 11.2. The molecule has 0 amide bonds. The normalized spacial score (nSPS) is 16.8. The van der Waals surface area contributed by atoms with Gasteiger partial charge in [-0.25, -0.2) is 0 Å². The molecule has 0 aromatic rings. The summed E-state index contributed by atoms with van der Waals surface area (Å²) in [6.45, 7) is 4.03. The van der Waals surface area contributed by atoms with Gasteiger partial charge in [0.05, 0.1) is 6.61 Å². The van der Waals surface area contributed by atoms with Crippen molar-refractivity contribution < 1.29 is 14.3 Å². The fourth-order valence-corrected chi connectivity index (χ4v) is 0.968. The Hall–Kier alpha value is -1.38. The number of carbonyl (C=O) groups excluding carboxylic acids is 2. The van der Waals surface area contributed by atoms with Gasteiger partial charge in [-0.3, -0.25) is 9.59 Å². The van der Waals surface area contributed by atoms with Crippen molar-refractivity contribution in [3.05, 3.63) is 23.5 Å². The van der Waals surface area contributed by atoms with E-state index in [0.717, 1.165) is 6.42 Å². The predicted octanol–water partition coefficient (Wildman–Crippen LogP) is 1.40. The van der Waals surface area contributed by atoms with Gasteiger partial charge in [0, 0.05) is 11.6 Å². The van der Waals surface area contributed by atoms with Gasteiger partial charge in [0.2, 0.25) is 5.78 Å². The Balaban J connectivity index is 2.71. The molecule has 0 aliphatic heterocycles. The molecule has 0 unspecified atom stereocenters. The average Bonchev–Trinajstić information content (AvgIpc) is 2.09. The van der Waals surface area contributed by atoms with Crippen LogP contribution in [0.3, 0.4) is 0 Å². The molecular formula is C10H12O3. The van der Waals surface area contributed by atoms with Gasteiger partial charge in [0.1, 0.15) is 0 Å². The summed E-state index contributed by atoms with van der Waals surface area (Å²) in [6.07, 6.45) is 3.39. The van der Waals surface area contributed by atoms with Crippen LogP contribution in [0.5, 0.6) is 0 Å². The molecule has 0 fully saturated rings. The van der Waals surface area contributed by atoms with Gasteiger partial charge in [-0.15, -0.1) is 0 Å². The molecule has 3 heteroatoms. The largest absolute Gasteiger partial charge is 0.489 e. The molecule has 0 bridgehead atoms. The van der Waals surface area contributed by atoms with Crippen molar-refractivity contribution in [3.63, 3.8) is 0 Å². The molecular weight excluding hydrogens is 168 g/mol. The molecule has 1 aliphatic rings. The van der Waals surface area contributed by atoms with E-state index in [2.05, 4.69) is 0 Å². The number of hydrogen-bond donors (Lipinski definition) is 0. The molecule has 0 saturated heterocycles. The Morgan fingerprint density at radius 1 is 1.23 bits per heavy atom. The lowest BCUT2D eigenvalue weighted by molar-refractivity contribution is -0.117. The second-order valence-electron chi connectivity index (χ2n) is 2.91.